The minimum atomic E-state index is -0.115. The van der Waals surface area contributed by atoms with Crippen molar-refractivity contribution in [2.75, 3.05) is 37.6 Å². The number of hydrogen-bond acceptors (Lipinski definition) is 5. The zero-order chi connectivity index (χ0) is 23.3. The summed E-state index contributed by atoms with van der Waals surface area (Å²) in [6.45, 7) is 6.74. The molecular formula is C27H32N6O. The van der Waals surface area contributed by atoms with Crippen LogP contribution in [0.15, 0.2) is 36.7 Å². The van der Waals surface area contributed by atoms with Crippen LogP contribution in [0.1, 0.15) is 49.5 Å². The Bertz CT molecular complexity index is 1210. The number of carbonyl (C=O) groups is 1. The molecule has 0 bridgehead atoms. The molecule has 2 fully saturated rings. The molecule has 34 heavy (non-hydrogen) atoms. The lowest BCUT2D eigenvalue weighted by Crippen LogP contribution is -2.44. The lowest BCUT2D eigenvalue weighted by Gasteiger charge is -2.30. The van der Waals surface area contributed by atoms with E-state index in [1.165, 1.54) is 24.9 Å². The first-order valence-electron chi connectivity index (χ1n) is 12.3. The number of hydrogen-bond donors (Lipinski definition) is 2. The third kappa shape index (κ3) is 4.92. The molecule has 2 N–H and O–H groups in total. The molecule has 0 unspecified atom stereocenters. The Morgan fingerprint density at radius 1 is 1.09 bits per heavy atom. The highest BCUT2D eigenvalue weighted by Crippen LogP contribution is 2.29. The van der Waals surface area contributed by atoms with Crippen LogP contribution in [0.25, 0.3) is 22.0 Å². The van der Waals surface area contributed by atoms with Gasteiger partial charge in [0.05, 0.1) is 23.9 Å². The van der Waals surface area contributed by atoms with Crippen LogP contribution in [0.3, 0.4) is 0 Å². The van der Waals surface area contributed by atoms with Crippen molar-refractivity contribution in [2.24, 2.45) is 0 Å². The van der Waals surface area contributed by atoms with Gasteiger partial charge in [0, 0.05) is 49.4 Å². The molecule has 0 aliphatic carbocycles. The van der Waals surface area contributed by atoms with Crippen LogP contribution in [0, 0.1) is 11.8 Å². The summed E-state index contributed by atoms with van der Waals surface area (Å²) < 4.78 is 0. The third-order valence-electron chi connectivity index (χ3n) is 6.96. The van der Waals surface area contributed by atoms with Gasteiger partial charge in [-0.05, 0) is 62.8 Å². The maximum atomic E-state index is 13.1. The van der Waals surface area contributed by atoms with E-state index >= 15 is 0 Å². The van der Waals surface area contributed by atoms with Crippen LogP contribution in [-0.4, -0.2) is 64.8 Å². The van der Waals surface area contributed by atoms with Crippen molar-refractivity contribution in [2.45, 2.75) is 45.1 Å². The number of rotatable bonds is 5. The Morgan fingerprint density at radius 2 is 1.91 bits per heavy atom. The van der Waals surface area contributed by atoms with Crippen molar-refractivity contribution in [3.05, 3.63) is 42.4 Å². The number of H-pyrrole nitrogens is 1. The minimum absolute atomic E-state index is 0.115. The average Bonchev–Trinajstić information content (AvgIpc) is 3.32. The maximum Gasteiger partial charge on any atom is 0.272 e. The first-order chi connectivity index (χ1) is 16.7. The van der Waals surface area contributed by atoms with E-state index in [0.29, 0.717) is 5.69 Å². The quantitative estimate of drug-likeness (QED) is 0.571. The van der Waals surface area contributed by atoms with Crippen LogP contribution in [0.5, 0.6) is 0 Å². The van der Waals surface area contributed by atoms with Gasteiger partial charge in [-0.2, -0.15) is 5.10 Å². The van der Waals surface area contributed by atoms with Crippen molar-refractivity contribution >= 4 is 22.5 Å². The molecule has 176 valence electrons. The second kappa shape index (κ2) is 10.3. The summed E-state index contributed by atoms with van der Waals surface area (Å²) >= 11 is 0. The first-order valence-corrected chi connectivity index (χ1v) is 12.3. The summed E-state index contributed by atoms with van der Waals surface area (Å²) in [5.74, 6) is 5.96. The van der Waals surface area contributed by atoms with E-state index in [0.717, 1.165) is 67.6 Å². The molecule has 5 rings (SSSR count). The van der Waals surface area contributed by atoms with Gasteiger partial charge in [0.1, 0.15) is 0 Å². The van der Waals surface area contributed by atoms with Gasteiger partial charge >= 0.3 is 0 Å². The zero-order valence-corrected chi connectivity index (χ0v) is 19.8. The predicted molar refractivity (Wildman–Crippen MR) is 136 cm³/mol. The summed E-state index contributed by atoms with van der Waals surface area (Å²) in [4.78, 5) is 22.4. The number of fused-ring (bicyclic) bond motifs is 1. The summed E-state index contributed by atoms with van der Waals surface area (Å²) in [5, 5.41) is 11.4. The molecule has 4 heterocycles. The smallest absolute Gasteiger partial charge is 0.272 e. The molecule has 2 aliphatic heterocycles. The SMILES string of the molecule is CC#CCN1CCC(NC(=O)c2n[nH]c3ccc(-c4cncc(N5CCCCC5)c4)cc23)CC1. The first kappa shape index (κ1) is 22.4. The monoisotopic (exact) mass is 456 g/mol. The number of nitrogens with zero attached hydrogens (tertiary/aromatic N) is 4. The van der Waals surface area contributed by atoms with Gasteiger partial charge in [-0.3, -0.25) is 19.8 Å². The second-order valence-electron chi connectivity index (χ2n) is 9.26. The van der Waals surface area contributed by atoms with Crippen LogP contribution >= 0.6 is 0 Å². The van der Waals surface area contributed by atoms with Crippen LogP contribution in [0.2, 0.25) is 0 Å². The van der Waals surface area contributed by atoms with Gasteiger partial charge in [0.2, 0.25) is 0 Å². The van der Waals surface area contributed by atoms with Crippen molar-refractivity contribution in [1.29, 1.82) is 0 Å². The highest BCUT2D eigenvalue weighted by Gasteiger charge is 2.23. The van der Waals surface area contributed by atoms with Crippen molar-refractivity contribution < 1.29 is 4.79 Å². The molecule has 3 aromatic rings. The molecule has 7 nitrogen and oxygen atoms in total. The molecule has 2 aliphatic rings. The van der Waals surface area contributed by atoms with E-state index in [-0.39, 0.29) is 11.9 Å². The van der Waals surface area contributed by atoms with Crippen molar-refractivity contribution in [3.63, 3.8) is 0 Å². The zero-order valence-electron chi connectivity index (χ0n) is 19.8. The van der Waals surface area contributed by atoms with Crippen LogP contribution in [0.4, 0.5) is 5.69 Å². The molecular weight excluding hydrogens is 424 g/mol. The molecule has 7 heteroatoms. The molecule has 0 atom stereocenters. The summed E-state index contributed by atoms with van der Waals surface area (Å²) in [7, 11) is 0. The lowest BCUT2D eigenvalue weighted by molar-refractivity contribution is 0.0911. The van der Waals surface area contributed by atoms with E-state index in [1.807, 2.05) is 25.4 Å². The molecule has 0 radical (unpaired) electrons. The number of carbonyl (C=O) groups excluding carboxylic acids is 1. The Morgan fingerprint density at radius 3 is 2.71 bits per heavy atom. The van der Waals surface area contributed by atoms with Crippen molar-refractivity contribution in [1.82, 2.24) is 25.4 Å². The molecule has 0 spiro atoms. The molecule has 1 amide bonds. The molecule has 2 saturated heterocycles. The standard InChI is InChI=1S/C27H32N6O/c1-2-3-11-32-14-9-22(10-15-32)29-27(34)26-24-17-20(7-8-25(24)30-31-26)21-16-23(19-28-18-21)33-12-5-4-6-13-33/h7-8,16-19,22H,4-6,9-15H2,1H3,(H,29,34)(H,30,31). The summed E-state index contributed by atoms with van der Waals surface area (Å²) in [6.07, 6.45) is 9.47. The number of piperidine rings is 2. The minimum Gasteiger partial charge on any atom is -0.370 e. The van der Waals surface area contributed by atoms with E-state index in [2.05, 4.69) is 60.3 Å². The Hall–Kier alpha value is -3.37. The highest BCUT2D eigenvalue weighted by atomic mass is 16.2. The molecule has 1 aromatic carbocycles. The van der Waals surface area contributed by atoms with Gasteiger partial charge in [-0.15, -0.1) is 5.92 Å². The van der Waals surface area contributed by atoms with Gasteiger partial charge in [0.15, 0.2) is 5.69 Å². The number of amides is 1. The summed E-state index contributed by atoms with van der Waals surface area (Å²) in [6, 6.07) is 8.48. The number of nitrogens with one attached hydrogen (secondary N) is 2. The number of pyridine rings is 1. The fourth-order valence-corrected chi connectivity index (χ4v) is 4.96. The van der Waals surface area contributed by atoms with Crippen LogP contribution < -0.4 is 10.2 Å². The Balaban J connectivity index is 1.31. The fraction of sp³-hybridized carbons (Fsp3) is 0.444. The second-order valence-corrected chi connectivity index (χ2v) is 9.26. The number of anilines is 1. The third-order valence-corrected chi connectivity index (χ3v) is 6.96. The number of likely N-dealkylation sites (tertiary alicyclic amines) is 1. The Kier molecular flexibility index (Phi) is 6.77. The molecule has 2 aromatic heterocycles. The predicted octanol–water partition coefficient (Wildman–Crippen LogP) is 3.83. The number of aromatic amines is 1. The Labute approximate surface area is 200 Å². The topological polar surface area (TPSA) is 77.1 Å². The lowest BCUT2D eigenvalue weighted by atomic mass is 10.0. The van der Waals surface area contributed by atoms with E-state index < -0.39 is 0 Å². The maximum absolute atomic E-state index is 13.1. The van der Waals surface area contributed by atoms with Gasteiger partial charge < -0.3 is 10.2 Å². The average molecular weight is 457 g/mol. The molecule has 0 saturated carbocycles. The number of aromatic nitrogens is 3. The fourth-order valence-electron chi connectivity index (χ4n) is 4.96. The van der Waals surface area contributed by atoms with E-state index in [9.17, 15) is 4.79 Å². The van der Waals surface area contributed by atoms with Crippen molar-refractivity contribution in [3.8, 4) is 23.0 Å². The summed E-state index contributed by atoms with van der Waals surface area (Å²) in [5.41, 5.74) is 4.58. The van der Waals surface area contributed by atoms with Crippen LogP contribution in [-0.2, 0) is 0 Å². The van der Waals surface area contributed by atoms with E-state index in [1.54, 1.807) is 0 Å². The van der Waals surface area contributed by atoms with Gasteiger partial charge in [-0.1, -0.05) is 12.0 Å². The largest absolute Gasteiger partial charge is 0.370 e. The normalized spacial score (nSPS) is 17.4. The van der Waals surface area contributed by atoms with Gasteiger partial charge in [0.25, 0.3) is 5.91 Å². The van der Waals surface area contributed by atoms with E-state index in [4.69, 9.17) is 0 Å². The van der Waals surface area contributed by atoms with Gasteiger partial charge in [-0.25, -0.2) is 0 Å². The number of benzene rings is 1. The highest BCUT2D eigenvalue weighted by molar-refractivity contribution is 6.05.